The van der Waals surface area contributed by atoms with E-state index in [1.165, 1.54) is 18.4 Å². The lowest BCUT2D eigenvalue weighted by Gasteiger charge is -1.97. The summed E-state index contributed by atoms with van der Waals surface area (Å²) in [5, 5.41) is 10.1. The molecule has 0 spiro atoms. The number of H-pyrrole nitrogens is 1. The Balaban J connectivity index is 1.42. The Morgan fingerprint density at radius 3 is 2.87 bits per heavy atom. The standard InChI is InChI=1S/C18H17N3OS/c22-17(10-14-9-15(21-20-14)13-6-7-13)16-11-23-18(19-16)8-12-4-2-1-3-5-12/h1-5,9,11,13H,6-8,10H2,(H,20,21). The average Bonchev–Trinajstić information content (AvgIpc) is 3.13. The van der Waals surface area contributed by atoms with Gasteiger partial charge in [-0.2, -0.15) is 5.10 Å². The van der Waals surface area contributed by atoms with Crippen LogP contribution in [0.2, 0.25) is 0 Å². The highest BCUT2D eigenvalue weighted by molar-refractivity contribution is 7.09. The van der Waals surface area contributed by atoms with Gasteiger partial charge in [-0.25, -0.2) is 4.98 Å². The number of rotatable bonds is 6. The molecule has 0 amide bonds. The maximum Gasteiger partial charge on any atom is 0.187 e. The van der Waals surface area contributed by atoms with E-state index < -0.39 is 0 Å². The number of nitrogens with zero attached hydrogens (tertiary/aromatic N) is 2. The molecule has 0 radical (unpaired) electrons. The third kappa shape index (κ3) is 3.40. The van der Waals surface area contributed by atoms with Crippen LogP contribution in [0.15, 0.2) is 41.8 Å². The molecule has 4 rings (SSSR count). The molecule has 1 aliphatic rings. The summed E-state index contributed by atoms with van der Waals surface area (Å²) in [6, 6.07) is 12.2. The second-order valence-corrected chi connectivity index (χ2v) is 6.92. The lowest BCUT2D eigenvalue weighted by Crippen LogP contribution is -2.04. The number of hydrogen-bond donors (Lipinski definition) is 1. The van der Waals surface area contributed by atoms with E-state index in [2.05, 4.69) is 27.3 Å². The molecule has 4 nitrogen and oxygen atoms in total. The Morgan fingerprint density at radius 2 is 2.09 bits per heavy atom. The number of thiazole rings is 1. The molecule has 1 saturated carbocycles. The van der Waals surface area contributed by atoms with E-state index in [4.69, 9.17) is 0 Å². The van der Waals surface area contributed by atoms with Crippen LogP contribution < -0.4 is 0 Å². The molecule has 2 heterocycles. The molecule has 1 N–H and O–H groups in total. The number of ketones is 1. The molecule has 0 unspecified atom stereocenters. The van der Waals surface area contributed by atoms with Gasteiger partial charge < -0.3 is 0 Å². The van der Waals surface area contributed by atoms with E-state index in [0.717, 1.165) is 22.8 Å². The number of Topliss-reactive ketones (excluding diaryl/α,β-unsaturated/α-hetero) is 1. The third-order valence-electron chi connectivity index (χ3n) is 4.03. The van der Waals surface area contributed by atoms with Gasteiger partial charge in [0.05, 0.1) is 17.1 Å². The van der Waals surface area contributed by atoms with Crippen LogP contribution in [0.3, 0.4) is 0 Å². The minimum absolute atomic E-state index is 0.0477. The number of benzene rings is 1. The largest absolute Gasteiger partial charge is 0.292 e. The molecule has 1 aromatic carbocycles. The third-order valence-corrected chi connectivity index (χ3v) is 4.88. The second kappa shape index (κ2) is 6.08. The summed E-state index contributed by atoms with van der Waals surface area (Å²) >= 11 is 1.55. The van der Waals surface area contributed by atoms with E-state index in [1.807, 2.05) is 29.6 Å². The van der Waals surface area contributed by atoms with Gasteiger partial charge in [-0.15, -0.1) is 11.3 Å². The molecule has 5 heteroatoms. The molecule has 1 aliphatic carbocycles. The van der Waals surface area contributed by atoms with Crippen molar-refractivity contribution in [1.29, 1.82) is 0 Å². The predicted octanol–water partition coefficient (Wildman–Crippen LogP) is 3.76. The van der Waals surface area contributed by atoms with Gasteiger partial charge in [-0.3, -0.25) is 9.89 Å². The van der Waals surface area contributed by atoms with Gasteiger partial charge >= 0.3 is 0 Å². The SMILES string of the molecule is O=C(Cc1cc(C2CC2)n[nH]1)c1csc(Cc2ccccc2)n1. The van der Waals surface area contributed by atoms with Crippen molar-refractivity contribution in [2.24, 2.45) is 0 Å². The molecule has 1 fully saturated rings. The van der Waals surface area contributed by atoms with E-state index in [0.29, 0.717) is 18.0 Å². The van der Waals surface area contributed by atoms with Gasteiger partial charge in [0.25, 0.3) is 0 Å². The molecular formula is C18H17N3OS. The highest BCUT2D eigenvalue weighted by Crippen LogP contribution is 2.39. The van der Waals surface area contributed by atoms with Gasteiger partial charge in [-0.1, -0.05) is 30.3 Å². The molecule has 0 saturated heterocycles. The number of aromatic nitrogens is 3. The van der Waals surface area contributed by atoms with Crippen molar-refractivity contribution < 1.29 is 4.79 Å². The Morgan fingerprint density at radius 1 is 1.26 bits per heavy atom. The first-order valence-electron chi connectivity index (χ1n) is 7.83. The fourth-order valence-corrected chi connectivity index (χ4v) is 3.45. The first-order valence-corrected chi connectivity index (χ1v) is 8.71. The Bertz CT molecular complexity index is 818. The zero-order chi connectivity index (χ0) is 15.6. The van der Waals surface area contributed by atoms with Crippen molar-refractivity contribution in [2.75, 3.05) is 0 Å². The minimum Gasteiger partial charge on any atom is -0.292 e. The van der Waals surface area contributed by atoms with E-state index in [9.17, 15) is 4.79 Å². The van der Waals surface area contributed by atoms with E-state index >= 15 is 0 Å². The van der Waals surface area contributed by atoms with Crippen molar-refractivity contribution in [3.05, 3.63) is 69.4 Å². The first-order chi connectivity index (χ1) is 11.3. The number of carbonyl (C=O) groups excluding carboxylic acids is 1. The topological polar surface area (TPSA) is 58.6 Å². The summed E-state index contributed by atoms with van der Waals surface area (Å²) in [7, 11) is 0. The fourth-order valence-electron chi connectivity index (χ4n) is 2.61. The quantitative estimate of drug-likeness (QED) is 0.703. The van der Waals surface area contributed by atoms with Gasteiger partial charge in [0.2, 0.25) is 0 Å². The summed E-state index contributed by atoms with van der Waals surface area (Å²) in [5.74, 6) is 0.651. The van der Waals surface area contributed by atoms with E-state index in [-0.39, 0.29) is 5.78 Å². The van der Waals surface area contributed by atoms with Crippen LogP contribution in [0.4, 0.5) is 0 Å². The summed E-state index contributed by atoms with van der Waals surface area (Å²) in [6.07, 6.45) is 3.54. The van der Waals surface area contributed by atoms with Crippen LogP contribution in [0.25, 0.3) is 0 Å². The highest BCUT2D eigenvalue weighted by atomic mass is 32.1. The fraction of sp³-hybridized carbons (Fsp3) is 0.278. The Hall–Kier alpha value is -2.27. The van der Waals surface area contributed by atoms with Gasteiger partial charge in [-0.05, 0) is 24.5 Å². The number of nitrogens with one attached hydrogen (secondary N) is 1. The molecule has 2 aromatic heterocycles. The summed E-state index contributed by atoms with van der Waals surface area (Å²) in [6.45, 7) is 0. The van der Waals surface area contributed by atoms with Gasteiger partial charge in [0, 0.05) is 23.4 Å². The van der Waals surface area contributed by atoms with Crippen molar-refractivity contribution in [3.63, 3.8) is 0 Å². The first kappa shape index (κ1) is 14.3. The van der Waals surface area contributed by atoms with Crippen molar-refractivity contribution in [1.82, 2.24) is 15.2 Å². The lowest BCUT2D eigenvalue weighted by molar-refractivity contribution is 0.0987. The number of carbonyl (C=O) groups is 1. The summed E-state index contributed by atoms with van der Waals surface area (Å²) in [4.78, 5) is 16.9. The van der Waals surface area contributed by atoms with Crippen molar-refractivity contribution >= 4 is 17.1 Å². The van der Waals surface area contributed by atoms with Crippen LogP contribution in [0.1, 0.15) is 51.2 Å². The normalized spacial score (nSPS) is 14.1. The summed E-state index contributed by atoms with van der Waals surface area (Å²) in [5.41, 5.74) is 3.75. The zero-order valence-corrected chi connectivity index (χ0v) is 13.5. The Labute approximate surface area is 138 Å². The minimum atomic E-state index is 0.0477. The highest BCUT2D eigenvalue weighted by Gasteiger charge is 2.26. The smallest absolute Gasteiger partial charge is 0.187 e. The molecule has 0 aliphatic heterocycles. The van der Waals surface area contributed by atoms with Crippen molar-refractivity contribution in [2.45, 2.75) is 31.6 Å². The van der Waals surface area contributed by atoms with E-state index in [1.54, 1.807) is 11.3 Å². The van der Waals surface area contributed by atoms with Crippen LogP contribution >= 0.6 is 11.3 Å². The number of aromatic amines is 1. The molecular weight excluding hydrogens is 306 g/mol. The maximum absolute atomic E-state index is 12.4. The molecule has 3 aromatic rings. The van der Waals surface area contributed by atoms with Crippen LogP contribution in [0, 0.1) is 0 Å². The van der Waals surface area contributed by atoms with Crippen molar-refractivity contribution in [3.8, 4) is 0 Å². The van der Waals surface area contributed by atoms with Crippen LogP contribution in [-0.4, -0.2) is 21.0 Å². The van der Waals surface area contributed by atoms with Crippen LogP contribution in [-0.2, 0) is 12.8 Å². The Kier molecular flexibility index (Phi) is 3.79. The monoisotopic (exact) mass is 323 g/mol. The van der Waals surface area contributed by atoms with Crippen LogP contribution in [0.5, 0.6) is 0 Å². The maximum atomic E-state index is 12.4. The molecule has 0 bridgehead atoms. The zero-order valence-electron chi connectivity index (χ0n) is 12.7. The number of hydrogen-bond acceptors (Lipinski definition) is 4. The van der Waals surface area contributed by atoms with Gasteiger partial charge in [0.15, 0.2) is 5.78 Å². The summed E-state index contributed by atoms with van der Waals surface area (Å²) < 4.78 is 0. The van der Waals surface area contributed by atoms with Gasteiger partial charge in [0.1, 0.15) is 5.69 Å². The molecule has 116 valence electrons. The second-order valence-electron chi connectivity index (χ2n) is 5.98. The predicted molar refractivity (Wildman–Crippen MR) is 90.0 cm³/mol. The lowest BCUT2D eigenvalue weighted by atomic mass is 10.1. The molecule has 23 heavy (non-hydrogen) atoms. The molecule has 0 atom stereocenters. The average molecular weight is 323 g/mol.